The van der Waals surface area contributed by atoms with Gasteiger partial charge in [-0.1, -0.05) is 36.4 Å². The van der Waals surface area contributed by atoms with Crippen molar-refractivity contribution in [3.05, 3.63) is 80.2 Å². The minimum Gasteiger partial charge on any atom is -0.334 e. The van der Waals surface area contributed by atoms with Crippen molar-refractivity contribution in [2.75, 3.05) is 0 Å². The molecule has 0 aliphatic heterocycles. The van der Waals surface area contributed by atoms with E-state index >= 15 is 0 Å². The minimum atomic E-state index is -0.224. The van der Waals surface area contributed by atoms with Crippen molar-refractivity contribution in [3.8, 4) is 0 Å². The average molecular weight is 356 g/mol. The molecular formula is C18H16N2O2S2. The molecule has 0 aliphatic rings. The van der Waals surface area contributed by atoms with Gasteiger partial charge in [0.05, 0.1) is 16.3 Å². The lowest BCUT2D eigenvalue weighted by atomic mass is 10.2. The first-order valence-electron chi connectivity index (χ1n) is 7.45. The summed E-state index contributed by atoms with van der Waals surface area (Å²) in [4.78, 5) is 26.4. The Morgan fingerprint density at radius 1 is 0.833 bits per heavy atom. The second-order valence-corrected chi connectivity index (χ2v) is 7.21. The topological polar surface area (TPSA) is 58.2 Å². The standard InChI is InChI=1S/C18H16N2O2S2/c21-17(15-7-4-10-23-15)16-9-8-14(24-16)12-20-18(22)19-11-13-5-2-1-3-6-13/h1-10H,11-12H2,(H2,19,20,22). The zero-order valence-corrected chi connectivity index (χ0v) is 14.5. The number of benzene rings is 1. The smallest absolute Gasteiger partial charge is 0.315 e. The van der Waals surface area contributed by atoms with Crippen molar-refractivity contribution < 1.29 is 9.59 Å². The van der Waals surface area contributed by atoms with E-state index in [-0.39, 0.29) is 11.8 Å². The number of carbonyl (C=O) groups excluding carboxylic acids is 2. The quantitative estimate of drug-likeness (QED) is 0.655. The summed E-state index contributed by atoms with van der Waals surface area (Å²) in [7, 11) is 0. The molecular weight excluding hydrogens is 340 g/mol. The van der Waals surface area contributed by atoms with Crippen LogP contribution in [0.15, 0.2) is 60.0 Å². The number of hydrogen-bond acceptors (Lipinski definition) is 4. The Kier molecular flexibility index (Phi) is 5.40. The lowest BCUT2D eigenvalue weighted by Gasteiger charge is -2.06. The van der Waals surface area contributed by atoms with Gasteiger partial charge in [-0.3, -0.25) is 4.79 Å². The Morgan fingerprint density at radius 2 is 1.62 bits per heavy atom. The number of hydrogen-bond donors (Lipinski definition) is 2. The SMILES string of the molecule is O=C(NCc1ccccc1)NCc1ccc(C(=O)c2cccs2)s1. The van der Waals surface area contributed by atoms with E-state index in [2.05, 4.69) is 10.6 Å². The molecule has 0 saturated carbocycles. The van der Waals surface area contributed by atoms with Crippen LogP contribution in [0, 0.1) is 0 Å². The number of urea groups is 1. The first-order valence-corrected chi connectivity index (χ1v) is 9.14. The monoisotopic (exact) mass is 356 g/mol. The van der Waals surface area contributed by atoms with Crippen molar-refractivity contribution in [1.82, 2.24) is 10.6 Å². The molecule has 2 aromatic heterocycles. The van der Waals surface area contributed by atoms with Crippen molar-refractivity contribution in [3.63, 3.8) is 0 Å². The third-order valence-electron chi connectivity index (χ3n) is 3.35. The Balaban J connectivity index is 1.48. The Morgan fingerprint density at radius 3 is 2.38 bits per heavy atom. The molecule has 24 heavy (non-hydrogen) atoms. The van der Waals surface area contributed by atoms with Gasteiger partial charge in [-0.05, 0) is 29.1 Å². The molecule has 0 spiro atoms. The van der Waals surface area contributed by atoms with Gasteiger partial charge in [0.2, 0.25) is 5.78 Å². The van der Waals surface area contributed by atoms with Crippen LogP contribution in [0.1, 0.15) is 25.0 Å². The highest BCUT2D eigenvalue weighted by molar-refractivity contribution is 7.16. The molecule has 0 saturated heterocycles. The molecule has 0 radical (unpaired) electrons. The summed E-state index contributed by atoms with van der Waals surface area (Å²) in [5, 5.41) is 7.51. The van der Waals surface area contributed by atoms with E-state index in [1.165, 1.54) is 22.7 Å². The molecule has 6 heteroatoms. The molecule has 3 rings (SSSR count). The van der Waals surface area contributed by atoms with Crippen molar-refractivity contribution in [2.24, 2.45) is 0 Å². The first kappa shape index (κ1) is 16.4. The highest BCUT2D eigenvalue weighted by Crippen LogP contribution is 2.22. The maximum atomic E-state index is 12.2. The minimum absolute atomic E-state index is 0.0368. The average Bonchev–Trinajstić information content (AvgIpc) is 3.30. The third kappa shape index (κ3) is 4.31. The van der Waals surface area contributed by atoms with Crippen LogP contribution in [0.5, 0.6) is 0 Å². The fraction of sp³-hybridized carbons (Fsp3) is 0.111. The van der Waals surface area contributed by atoms with Gasteiger partial charge in [-0.15, -0.1) is 22.7 Å². The van der Waals surface area contributed by atoms with Crippen LogP contribution in [0.3, 0.4) is 0 Å². The molecule has 0 bridgehead atoms. The Labute approximate surface area is 148 Å². The predicted octanol–water partition coefficient (Wildman–Crippen LogP) is 4.04. The normalized spacial score (nSPS) is 10.3. The van der Waals surface area contributed by atoms with Gasteiger partial charge in [0, 0.05) is 11.4 Å². The van der Waals surface area contributed by atoms with Gasteiger partial charge < -0.3 is 10.6 Å². The summed E-state index contributed by atoms with van der Waals surface area (Å²) in [6.07, 6.45) is 0. The van der Waals surface area contributed by atoms with Gasteiger partial charge >= 0.3 is 6.03 Å². The molecule has 122 valence electrons. The summed E-state index contributed by atoms with van der Waals surface area (Å²) in [5.74, 6) is 0.0368. The van der Waals surface area contributed by atoms with Crippen LogP contribution in [0.2, 0.25) is 0 Å². The van der Waals surface area contributed by atoms with E-state index in [1.54, 1.807) is 0 Å². The third-order valence-corrected chi connectivity index (χ3v) is 5.30. The highest BCUT2D eigenvalue weighted by Gasteiger charge is 2.13. The van der Waals surface area contributed by atoms with Gasteiger partial charge in [0.25, 0.3) is 0 Å². The molecule has 0 unspecified atom stereocenters. The molecule has 1 aromatic carbocycles. The second-order valence-electron chi connectivity index (χ2n) is 5.09. The summed E-state index contributed by atoms with van der Waals surface area (Å²) in [6, 6.07) is 16.9. The summed E-state index contributed by atoms with van der Waals surface area (Å²) < 4.78 is 0. The fourth-order valence-electron chi connectivity index (χ4n) is 2.13. The van der Waals surface area contributed by atoms with Gasteiger partial charge in [0.15, 0.2) is 0 Å². The van der Waals surface area contributed by atoms with Crippen LogP contribution in [-0.4, -0.2) is 11.8 Å². The first-order chi connectivity index (χ1) is 11.7. The molecule has 3 aromatic rings. The summed E-state index contributed by atoms with van der Waals surface area (Å²) in [6.45, 7) is 0.891. The molecule has 2 heterocycles. The molecule has 0 aliphatic carbocycles. The number of nitrogens with one attached hydrogen (secondary N) is 2. The Bertz CT molecular complexity index is 811. The van der Waals surface area contributed by atoms with Crippen LogP contribution in [-0.2, 0) is 13.1 Å². The predicted molar refractivity (Wildman–Crippen MR) is 97.6 cm³/mol. The fourth-order valence-corrected chi connectivity index (χ4v) is 3.78. The highest BCUT2D eigenvalue weighted by atomic mass is 32.1. The van der Waals surface area contributed by atoms with Crippen LogP contribution < -0.4 is 10.6 Å². The van der Waals surface area contributed by atoms with Crippen LogP contribution >= 0.6 is 22.7 Å². The Hall–Kier alpha value is -2.44. The number of rotatable bonds is 6. The maximum absolute atomic E-state index is 12.2. The van der Waals surface area contributed by atoms with Crippen molar-refractivity contribution in [2.45, 2.75) is 13.1 Å². The van der Waals surface area contributed by atoms with E-state index < -0.39 is 0 Å². The molecule has 0 atom stereocenters. The zero-order chi connectivity index (χ0) is 16.8. The lowest BCUT2D eigenvalue weighted by Crippen LogP contribution is -2.34. The summed E-state index contributed by atoms with van der Waals surface area (Å²) >= 11 is 2.85. The zero-order valence-electron chi connectivity index (χ0n) is 12.8. The lowest BCUT2D eigenvalue weighted by molar-refractivity contribution is 0.104. The van der Waals surface area contributed by atoms with Crippen molar-refractivity contribution >= 4 is 34.5 Å². The van der Waals surface area contributed by atoms with E-state index in [1.807, 2.05) is 60.0 Å². The van der Waals surface area contributed by atoms with E-state index in [4.69, 9.17) is 0 Å². The van der Waals surface area contributed by atoms with Crippen molar-refractivity contribution in [1.29, 1.82) is 0 Å². The molecule has 4 nitrogen and oxygen atoms in total. The van der Waals surface area contributed by atoms with E-state index in [0.717, 1.165) is 15.3 Å². The molecule has 0 fully saturated rings. The second kappa shape index (κ2) is 7.90. The number of ketones is 1. The molecule has 2 N–H and O–H groups in total. The molecule has 2 amide bonds. The number of carbonyl (C=O) groups is 2. The van der Waals surface area contributed by atoms with E-state index in [9.17, 15) is 9.59 Å². The number of amides is 2. The van der Waals surface area contributed by atoms with Gasteiger partial charge in [0.1, 0.15) is 0 Å². The summed E-state index contributed by atoms with van der Waals surface area (Å²) in [5.41, 5.74) is 1.05. The van der Waals surface area contributed by atoms with Gasteiger partial charge in [-0.2, -0.15) is 0 Å². The van der Waals surface area contributed by atoms with Gasteiger partial charge in [-0.25, -0.2) is 4.79 Å². The van der Waals surface area contributed by atoms with E-state index in [0.29, 0.717) is 18.0 Å². The van der Waals surface area contributed by atoms with Crippen LogP contribution in [0.4, 0.5) is 4.79 Å². The van der Waals surface area contributed by atoms with Crippen LogP contribution in [0.25, 0.3) is 0 Å². The number of thiophene rings is 2. The largest absolute Gasteiger partial charge is 0.334 e. The maximum Gasteiger partial charge on any atom is 0.315 e.